The van der Waals surface area contributed by atoms with Crippen LogP contribution in [0.5, 0.6) is 0 Å². The minimum atomic E-state index is -2.72. The zero-order valence-electron chi connectivity index (χ0n) is 21.7. The Hall–Kier alpha value is -2.89. The van der Waals surface area contributed by atoms with Gasteiger partial charge in [-0.05, 0) is 30.9 Å². The number of imidazole rings is 1. The Bertz CT molecular complexity index is 1150. The standard InChI is InChI=1S/C23H28F2N6O.C4H9NO/c24-21(25)22-27-17-8-4-5-9-18(17)31(22)20-14-19(26-15-16-6-2-1-3-7-16)28-23(29-20)30-10-12-32-13-11-30;1-3-6-4-2-5-1/h4-5,8-9,14,16,21H,1-3,6-7,10-13,15H2,(H,26,28,29);5H,1-4H2. The highest BCUT2D eigenvalue weighted by molar-refractivity contribution is 5.78. The summed E-state index contributed by atoms with van der Waals surface area (Å²) >= 11 is 0. The molecular weight excluding hydrogens is 492 g/mol. The number of nitrogens with zero attached hydrogens (tertiary/aromatic N) is 5. The van der Waals surface area contributed by atoms with E-state index in [4.69, 9.17) is 19.4 Å². The average Bonchev–Trinajstić information content (AvgIpc) is 3.38. The number of morpholine rings is 2. The second-order valence-electron chi connectivity index (χ2n) is 9.85. The fourth-order valence-electron chi connectivity index (χ4n) is 5.12. The highest BCUT2D eigenvalue weighted by Gasteiger charge is 2.23. The first kappa shape index (κ1) is 26.7. The van der Waals surface area contributed by atoms with Gasteiger partial charge in [-0.15, -0.1) is 0 Å². The van der Waals surface area contributed by atoms with E-state index >= 15 is 0 Å². The molecule has 3 aliphatic rings. The Kier molecular flexibility index (Phi) is 9.32. The third-order valence-corrected chi connectivity index (χ3v) is 7.15. The molecule has 11 heteroatoms. The minimum absolute atomic E-state index is 0.309. The van der Waals surface area contributed by atoms with Crippen LogP contribution in [0, 0.1) is 5.92 Å². The fraction of sp³-hybridized carbons (Fsp3) is 0.593. The van der Waals surface area contributed by atoms with Gasteiger partial charge in [0.1, 0.15) is 11.6 Å². The van der Waals surface area contributed by atoms with Crippen LogP contribution in [-0.4, -0.2) is 78.7 Å². The van der Waals surface area contributed by atoms with Crippen molar-refractivity contribution in [1.29, 1.82) is 0 Å². The molecule has 6 rings (SSSR count). The molecule has 2 aliphatic heterocycles. The van der Waals surface area contributed by atoms with Crippen molar-refractivity contribution in [2.75, 3.05) is 69.4 Å². The lowest BCUT2D eigenvalue weighted by atomic mass is 9.89. The Morgan fingerprint density at radius 1 is 0.947 bits per heavy atom. The van der Waals surface area contributed by atoms with Gasteiger partial charge in [0.15, 0.2) is 5.82 Å². The monoisotopic (exact) mass is 529 g/mol. The molecule has 3 aromatic rings. The van der Waals surface area contributed by atoms with E-state index in [1.807, 2.05) is 11.0 Å². The van der Waals surface area contributed by atoms with Crippen LogP contribution in [0.3, 0.4) is 0 Å². The smallest absolute Gasteiger partial charge is 0.296 e. The maximum atomic E-state index is 13.9. The molecule has 0 radical (unpaired) electrons. The number of aromatic nitrogens is 4. The summed E-state index contributed by atoms with van der Waals surface area (Å²) in [6.45, 7) is 7.17. The lowest BCUT2D eigenvalue weighted by Gasteiger charge is -2.28. The number of alkyl halides is 2. The topological polar surface area (TPSA) is 89.4 Å². The predicted octanol–water partition coefficient (Wildman–Crippen LogP) is 4.19. The summed E-state index contributed by atoms with van der Waals surface area (Å²) in [6, 6.07) is 8.91. The third kappa shape index (κ3) is 6.75. The number of halogens is 2. The van der Waals surface area contributed by atoms with Crippen LogP contribution >= 0.6 is 0 Å². The molecule has 2 saturated heterocycles. The molecule has 4 heterocycles. The maximum Gasteiger partial charge on any atom is 0.296 e. The van der Waals surface area contributed by atoms with Gasteiger partial charge < -0.3 is 25.0 Å². The number of nitrogens with one attached hydrogen (secondary N) is 2. The number of hydrogen-bond donors (Lipinski definition) is 2. The Morgan fingerprint density at radius 3 is 2.37 bits per heavy atom. The third-order valence-electron chi connectivity index (χ3n) is 7.15. The van der Waals surface area contributed by atoms with E-state index in [2.05, 4.69) is 15.6 Å². The number of rotatable bonds is 6. The molecule has 1 saturated carbocycles. The van der Waals surface area contributed by atoms with Gasteiger partial charge >= 0.3 is 0 Å². The second kappa shape index (κ2) is 13.3. The molecule has 1 aromatic carbocycles. The summed E-state index contributed by atoms with van der Waals surface area (Å²) in [5, 5.41) is 6.62. The van der Waals surface area contributed by atoms with E-state index in [9.17, 15) is 8.78 Å². The van der Waals surface area contributed by atoms with Crippen LogP contribution in [0.25, 0.3) is 16.9 Å². The number of hydrogen-bond acceptors (Lipinski definition) is 8. The molecule has 9 nitrogen and oxygen atoms in total. The van der Waals surface area contributed by atoms with Crippen molar-refractivity contribution in [2.24, 2.45) is 5.92 Å². The van der Waals surface area contributed by atoms with E-state index in [-0.39, 0.29) is 5.82 Å². The van der Waals surface area contributed by atoms with Gasteiger partial charge in [-0.25, -0.2) is 13.8 Å². The SMILES string of the molecule is C1COCCN1.FC(F)c1nc2ccccc2n1-c1cc(NCC2CCCCC2)nc(N2CCOCC2)n1. The van der Waals surface area contributed by atoms with Crippen molar-refractivity contribution in [3.05, 3.63) is 36.2 Å². The summed E-state index contributed by atoms with van der Waals surface area (Å²) < 4.78 is 39.8. The summed E-state index contributed by atoms with van der Waals surface area (Å²) in [7, 11) is 0. The van der Waals surface area contributed by atoms with E-state index in [0.717, 1.165) is 32.8 Å². The molecular formula is C27H37F2N7O2. The lowest BCUT2D eigenvalue weighted by molar-refractivity contribution is 0.109. The van der Waals surface area contributed by atoms with E-state index < -0.39 is 6.43 Å². The number of benzene rings is 1. The van der Waals surface area contributed by atoms with Gasteiger partial charge in [-0.3, -0.25) is 4.57 Å². The van der Waals surface area contributed by atoms with Crippen molar-refractivity contribution >= 4 is 22.8 Å². The Labute approximate surface area is 221 Å². The molecule has 206 valence electrons. The zero-order chi connectivity index (χ0) is 26.2. The lowest BCUT2D eigenvalue weighted by Crippen LogP contribution is -2.37. The van der Waals surface area contributed by atoms with Gasteiger partial charge in [0.25, 0.3) is 6.43 Å². The van der Waals surface area contributed by atoms with Crippen molar-refractivity contribution < 1.29 is 18.3 Å². The quantitative estimate of drug-likeness (QED) is 0.492. The van der Waals surface area contributed by atoms with E-state index in [0.29, 0.717) is 60.8 Å². The molecule has 2 N–H and O–H groups in total. The predicted molar refractivity (Wildman–Crippen MR) is 143 cm³/mol. The molecule has 0 atom stereocenters. The second-order valence-corrected chi connectivity index (χ2v) is 9.85. The fourth-order valence-corrected chi connectivity index (χ4v) is 5.12. The van der Waals surface area contributed by atoms with Crippen LogP contribution in [0.2, 0.25) is 0 Å². The molecule has 0 amide bonds. The van der Waals surface area contributed by atoms with E-state index in [1.54, 1.807) is 24.3 Å². The highest BCUT2D eigenvalue weighted by atomic mass is 19.3. The van der Waals surface area contributed by atoms with Crippen molar-refractivity contribution in [3.8, 4) is 5.82 Å². The zero-order valence-corrected chi connectivity index (χ0v) is 21.7. The molecule has 0 bridgehead atoms. The van der Waals surface area contributed by atoms with Crippen LogP contribution in [-0.2, 0) is 9.47 Å². The first-order valence-electron chi connectivity index (χ1n) is 13.7. The Balaban J connectivity index is 0.000000433. The van der Waals surface area contributed by atoms with Crippen LogP contribution in [0.15, 0.2) is 30.3 Å². The Morgan fingerprint density at radius 2 is 1.68 bits per heavy atom. The van der Waals surface area contributed by atoms with Gasteiger partial charge in [0, 0.05) is 38.8 Å². The van der Waals surface area contributed by atoms with Gasteiger partial charge in [0.2, 0.25) is 5.95 Å². The van der Waals surface area contributed by atoms with Crippen LogP contribution < -0.4 is 15.5 Å². The van der Waals surface area contributed by atoms with Gasteiger partial charge in [-0.2, -0.15) is 9.97 Å². The van der Waals surface area contributed by atoms with Crippen LogP contribution in [0.1, 0.15) is 44.4 Å². The largest absolute Gasteiger partial charge is 0.379 e. The first-order chi connectivity index (χ1) is 18.7. The molecule has 0 spiro atoms. The molecule has 3 fully saturated rings. The first-order valence-corrected chi connectivity index (χ1v) is 13.7. The molecule has 1 aliphatic carbocycles. The summed E-state index contributed by atoms with van der Waals surface area (Å²) in [4.78, 5) is 15.6. The summed E-state index contributed by atoms with van der Waals surface area (Å²) in [6.07, 6.45) is 3.53. The van der Waals surface area contributed by atoms with Crippen molar-refractivity contribution in [1.82, 2.24) is 24.8 Å². The maximum absolute atomic E-state index is 13.9. The average molecular weight is 530 g/mol. The summed E-state index contributed by atoms with van der Waals surface area (Å²) in [5.41, 5.74) is 1.12. The highest BCUT2D eigenvalue weighted by Crippen LogP contribution is 2.29. The van der Waals surface area contributed by atoms with Crippen molar-refractivity contribution in [3.63, 3.8) is 0 Å². The number of fused-ring (bicyclic) bond motifs is 1. The van der Waals surface area contributed by atoms with Crippen molar-refractivity contribution in [2.45, 2.75) is 38.5 Å². The number of para-hydroxylation sites is 2. The van der Waals surface area contributed by atoms with Gasteiger partial charge in [-0.1, -0.05) is 31.4 Å². The normalized spacial score (nSPS) is 18.9. The van der Waals surface area contributed by atoms with Gasteiger partial charge in [0.05, 0.1) is 37.5 Å². The molecule has 2 aromatic heterocycles. The number of ether oxygens (including phenoxy) is 2. The minimum Gasteiger partial charge on any atom is -0.379 e. The molecule has 0 unspecified atom stereocenters. The van der Waals surface area contributed by atoms with Crippen LogP contribution in [0.4, 0.5) is 20.5 Å². The van der Waals surface area contributed by atoms with E-state index in [1.165, 1.54) is 36.7 Å². The summed E-state index contributed by atoms with van der Waals surface area (Å²) in [5.74, 6) is 1.88. The molecule has 38 heavy (non-hydrogen) atoms. The number of anilines is 2.